The number of amides is 1. The van der Waals surface area contributed by atoms with E-state index in [-0.39, 0.29) is 24.5 Å². The number of nitrogens with one attached hydrogen (secondary N) is 1. The molecule has 0 aliphatic heterocycles. The molecule has 1 unspecified atom stereocenters. The van der Waals surface area contributed by atoms with Crippen molar-refractivity contribution in [3.05, 3.63) is 53.1 Å². The predicted molar refractivity (Wildman–Crippen MR) is 141 cm³/mol. The number of ether oxygens (including phenoxy) is 3. The molecule has 0 heterocycles. The molecule has 5 rings (SSSR count). The van der Waals surface area contributed by atoms with Crippen molar-refractivity contribution in [2.75, 3.05) is 20.8 Å². The molecule has 1 fully saturated rings. The number of aromatic hydroxyl groups is 1. The molecule has 0 saturated heterocycles. The van der Waals surface area contributed by atoms with Crippen molar-refractivity contribution >= 4 is 25.7 Å². The Hall–Kier alpha value is -3.33. The summed E-state index contributed by atoms with van der Waals surface area (Å²) in [6, 6.07) is 11.0. The molecule has 1 saturated carbocycles. The lowest BCUT2D eigenvalue weighted by atomic mass is 9.55. The van der Waals surface area contributed by atoms with Crippen molar-refractivity contribution in [1.82, 2.24) is 5.32 Å². The Labute approximate surface area is 218 Å². The third-order valence-corrected chi connectivity index (χ3v) is 9.08. The summed E-state index contributed by atoms with van der Waals surface area (Å²) in [5, 5.41) is 13.0. The Morgan fingerprint density at radius 1 is 1.03 bits per heavy atom. The molecule has 3 aliphatic rings. The number of fused-ring (bicyclic) bond motifs is 2. The first-order chi connectivity index (χ1) is 17.5. The van der Waals surface area contributed by atoms with Gasteiger partial charge in [0.1, 0.15) is 23.0 Å². The van der Waals surface area contributed by atoms with Gasteiger partial charge in [0.05, 0.1) is 38.6 Å². The smallest absolute Gasteiger partial charge is 0.310 e. The molecule has 0 spiro atoms. The van der Waals surface area contributed by atoms with Crippen LogP contribution in [0.3, 0.4) is 0 Å². The third kappa shape index (κ3) is 5.51. The van der Waals surface area contributed by atoms with E-state index in [1.54, 1.807) is 43.5 Å². The van der Waals surface area contributed by atoms with Crippen LogP contribution in [0.25, 0.3) is 0 Å². The van der Waals surface area contributed by atoms with Gasteiger partial charge in [-0.1, -0.05) is 25.7 Å². The minimum atomic E-state index is -1.43. The highest BCUT2D eigenvalue weighted by Gasteiger charge is 2.57. The first kappa shape index (κ1) is 26.7. The number of benzene rings is 2. The van der Waals surface area contributed by atoms with Crippen LogP contribution in [-0.2, 0) is 25.7 Å². The van der Waals surface area contributed by atoms with Crippen molar-refractivity contribution in [2.24, 2.45) is 11.8 Å². The maximum absolute atomic E-state index is 13.7. The summed E-state index contributed by atoms with van der Waals surface area (Å²) in [5.41, 5.74) is 2.18. The van der Waals surface area contributed by atoms with Gasteiger partial charge < -0.3 is 24.6 Å². The van der Waals surface area contributed by atoms with Crippen LogP contribution in [0.1, 0.15) is 34.9 Å². The van der Waals surface area contributed by atoms with Gasteiger partial charge in [0.15, 0.2) is 0 Å². The van der Waals surface area contributed by atoms with Crippen LogP contribution >= 0.6 is 0 Å². The zero-order chi connectivity index (χ0) is 26.9. The Bertz CT molecular complexity index is 1210. The third-order valence-electron chi connectivity index (χ3n) is 7.37. The number of esters is 1. The highest BCUT2D eigenvalue weighted by molar-refractivity contribution is 6.76. The zero-order valence-electron chi connectivity index (χ0n) is 22.0. The molecule has 9 heteroatoms. The number of carbonyl (C=O) groups excluding carboxylic acids is 3. The van der Waals surface area contributed by atoms with Crippen LogP contribution in [0, 0.1) is 11.8 Å². The molecule has 2 N–H and O–H groups in total. The Morgan fingerprint density at radius 3 is 2.46 bits per heavy atom. The largest absolute Gasteiger partial charge is 0.508 e. The molecule has 4 atom stereocenters. The number of Topliss-reactive ketones (excluding diaryl/α,β-unsaturated/α-hetero) is 1. The number of phenols is 1. The van der Waals surface area contributed by atoms with Gasteiger partial charge in [0.2, 0.25) is 5.91 Å². The van der Waals surface area contributed by atoms with E-state index in [2.05, 4.69) is 25.0 Å². The molecule has 37 heavy (non-hydrogen) atoms. The minimum absolute atomic E-state index is 0.0236. The lowest BCUT2D eigenvalue weighted by molar-refractivity contribution is -0.158. The molecule has 1 amide bonds. The van der Waals surface area contributed by atoms with Gasteiger partial charge in [-0.2, -0.15) is 0 Å². The molecule has 0 radical (unpaired) electrons. The van der Waals surface area contributed by atoms with Crippen LogP contribution in [-0.4, -0.2) is 51.7 Å². The number of carbonyl (C=O) groups is 3. The fourth-order valence-electron chi connectivity index (χ4n) is 5.45. The number of rotatable bonds is 9. The van der Waals surface area contributed by atoms with Crippen LogP contribution in [0.5, 0.6) is 17.2 Å². The lowest BCUT2D eigenvalue weighted by Gasteiger charge is -2.46. The number of ketones is 1. The SMILES string of the molecule is COc1ccc(CNC(=O)[C@H]2[C@H](C(=O)OCC[Si](C)(C)C)C3CC(=O)[C@H]2c2cc(O)ccc23)c(OC)c1. The van der Waals surface area contributed by atoms with Crippen molar-refractivity contribution in [1.29, 1.82) is 0 Å². The molecule has 0 aromatic heterocycles. The highest BCUT2D eigenvalue weighted by Crippen LogP contribution is 2.55. The monoisotopic (exact) mass is 525 g/mol. The maximum Gasteiger partial charge on any atom is 0.310 e. The van der Waals surface area contributed by atoms with Gasteiger partial charge in [-0.15, -0.1) is 0 Å². The van der Waals surface area contributed by atoms with E-state index in [0.29, 0.717) is 23.7 Å². The molecule has 2 bridgehead atoms. The van der Waals surface area contributed by atoms with E-state index in [1.165, 1.54) is 7.11 Å². The summed E-state index contributed by atoms with van der Waals surface area (Å²) >= 11 is 0. The van der Waals surface area contributed by atoms with E-state index in [4.69, 9.17) is 14.2 Å². The van der Waals surface area contributed by atoms with Crippen molar-refractivity contribution in [3.63, 3.8) is 0 Å². The first-order valence-corrected chi connectivity index (χ1v) is 16.3. The average Bonchev–Trinajstić information content (AvgIpc) is 2.85. The number of methoxy groups -OCH3 is 2. The van der Waals surface area contributed by atoms with Gasteiger partial charge in [-0.3, -0.25) is 14.4 Å². The Morgan fingerprint density at radius 2 is 1.78 bits per heavy atom. The van der Waals surface area contributed by atoms with E-state index in [0.717, 1.165) is 17.2 Å². The van der Waals surface area contributed by atoms with Crippen LogP contribution in [0.4, 0.5) is 0 Å². The van der Waals surface area contributed by atoms with Gasteiger partial charge >= 0.3 is 5.97 Å². The van der Waals surface area contributed by atoms with Crippen LogP contribution in [0.15, 0.2) is 36.4 Å². The quantitative estimate of drug-likeness (QED) is 0.376. The molecular weight excluding hydrogens is 490 g/mol. The van der Waals surface area contributed by atoms with Crippen LogP contribution in [0.2, 0.25) is 25.7 Å². The van der Waals surface area contributed by atoms with Crippen LogP contribution < -0.4 is 14.8 Å². The Kier molecular flexibility index (Phi) is 7.63. The van der Waals surface area contributed by atoms with Crippen molar-refractivity contribution in [3.8, 4) is 17.2 Å². The second-order valence-corrected chi connectivity index (χ2v) is 16.6. The van der Waals surface area contributed by atoms with Gasteiger partial charge in [-0.25, -0.2) is 0 Å². The second-order valence-electron chi connectivity index (χ2n) is 11.0. The molecule has 198 valence electrons. The first-order valence-electron chi connectivity index (χ1n) is 12.5. The van der Waals surface area contributed by atoms with Gasteiger partial charge in [0.25, 0.3) is 0 Å². The molecule has 8 nitrogen and oxygen atoms in total. The molecular formula is C28H35NO7Si. The number of hydrogen-bond donors (Lipinski definition) is 2. The van der Waals surface area contributed by atoms with Gasteiger partial charge in [-0.05, 0) is 41.4 Å². The number of hydrogen-bond acceptors (Lipinski definition) is 7. The topological polar surface area (TPSA) is 111 Å². The molecule has 3 aliphatic carbocycles. The summed E-state index contributed by atoms with van der Waals surface area (Å²) in [7, 11) is 1.67. The maximum atomic E-state index is 13.7. The van der Waals surface area contributed by atoms with Crippen molar-refractivity contribution in [2.45, 2.75) is 50.5 Å². The summed E-state index contributed by atoms with van der Waals surface area (Å²) < 4.78 is 16.4. The summed E-state index contributed by atoms with van der Waals surface area (Å²) in [4.78, 5) is 40.3. The van der Waals surface area contributed by atoms with E-state index in [9.17, 15) is 19.5 Å². The standard InChI is InChI=1S/C28H35NO7Si/c1-34-18-8-6-16(23(13-18)35-2)15-29-27(32)26-24-20-12-17(30)7-9-19(20)21(14-22(24)31)25(26)28(33)36-10-11-37(3,4)5/h6-9,12-13,21,24-26,30H,10-11,14-15H2,1-5H3,(H,29,32)/t21?,24-,25-,26-/m1/s1. The zero-order valence-corrected chi connectivity index (χ0v) is 23.0. The van der Waals surface area contributed by atoms with E-state index < -0.39 is 43.6 Å². The highest BCUT2D eigenvalue weighted by atomic mass is 28.3. The minimum Gasteiger partial charge on any atom is -0.508 e. The summed E-state index contributed by atoms with van der Waals surface area (Å²) in [6.07, 6.45) is 0.173. The van der Waals surface area contributed by atoms with Crippen molar-refractivity contribution < 1.29 is 33.7 Å². The number of phenolic OH excluding ortho intramolecular Hbond substituents is 1. The average molecular weight is 526 g/mol. The van der Waals surface area contributed by atoms with E-state index >= 15 is 0 Å². The molecule has 2 aromatic rings. The molecule has 2 aromatic carbocycles. The normalized spacial score (nSPS) is 22.2. The second kappa shape index (κ2) is 10.6. The lowest BCUT2D eigenvalue weighted by Crippen LogP contribution is -2.53. The fourth-order valence-corrected chi connectivity index (χ4v) is 6.16. The summed E-state index contributed by atoms with van der Waals surface area (Å²) in [5.74, 6) is -2.74. The van der Waals surface area contributed by atoms with Gasteiger partial charge in [0, 0.05) is 38.6 Å². The fraction of sp³-hybridized carbons (Fsp3) is 0.464. The summed E-state index contributed by atoms with van der Waals surface area (Å²) in [6.45, 7) is 7.06. The predicted octanol–water partition coefficient (Wildman–Crippen LogP) is 3.99. The van der Waals surface area contributed by atoms with E-state index in [1.807, 2.05) is 0 Å². The Balaban J connectivity index is 1.63.